The third kappa shape index (κ3) is 5.91. The van der Waals surface area contributed by atoms with E-state index in [0.717, 1.165) is 27.7 Å². The van der Waals surface area contributed by atoms with Gasteiger partial charge in [-0.1, -0.05) is 54.2 Å². The molecule has 0 fully saturated rings. The monoisotopic (exact) mass is 518 g/mol. The van der Waals surface area contributed by atoms with Crippen LogP contribution in [0.3, 0.4) is 0 Å². The number of fused-ring (bicyclic) bond motifs is 1. The third-order valence-corrected chi connectivity index (χ3v) is 7.31. The van der Waals surface area contributed by atoms with E-state index < -0.39 is 6.04 Å². The lowest BCUT2D eigenvalue weighted by atomic mass is 9.92. The first-order chi connectivity index (χ1) is 18.0. The Bertz CT molecular complexity index is 1230. The number of allylic oxidation sites excluding steroid dienone is 1. The van der Waals surface area contributed by atoms with Gasteiger partial charge < -0.3 is 19.9 Å². The fraction of sp³-hybridized carbons (Fsp3) is 0.345. The average Bonchev–Trinajstić information content (AvgIpc) is 3.29. The number of thioether (sulfide) groups is 1. The summed E-state index contributed by atoms with van der Waals surface area (Å²) < 4.78 is 6.13. The molecule has 0 aromatic heterocycles. The maximum absolute atomic E-state index is 13.8. The molecule has 4 rings (SSSR count). The van der Waals surface area contributed by atoms with Gasteiger partial charge in [0, 0.05) is 25.3 Å². The van der Waals surface area contributed by atoms with E-state index in [9.17, 15) is 9.59 Å². The third-order valence-electron chi connectivity index (χ3n) is 6.42. The van der Waals surface area contributed by atoms with Gasteiger partial charge in [-0.25, -0.2) is 4.99 Å². The minimum Gasteiger partial charge on any atom is -0.489 e. The predicted molar refractivity (Wildman–Crippen MR) is 149 cm³/mol. The van der Waals surface area contributed by atoms with Crippen LogP contribution in [0.25, 0.3) is 0 Å². The zero-order chi connectivity index (χ0) is 26.4. The molecule has 2 aliphatic rings. The van der Waals surface area contributed by atoms with Crippen LogP contribution in [0.5, 0.6) is 5.75 Å². The number of nitrogens with one attached hydrogen (secondary N) is 1. The normalized spacial score (nSPS) is 16.6. The van der Waals surface area contributed by atoms with E-state index in [1.807, 2.05) is 97.5 Å². The molecule has 0 bridgehead atoms. The van der Waals surface area contributed by atoms with Crippen molar-refractivity contribution < 1.29 is 14.3 Å². The molecule has 1 N–H and O–H groups in total. The highest BCUT2D eigenvalue weighted by Crippen LogP contribution is 2.45. The van der Waals surface area contributed by atoms with Gasteiger partial charge in [-0.3, -0.25) is 9.59 Å². The lowest BCUT2D eigenvalue weighted by Gasteiger charge is -2.38. The van der Waals surface area contributed by atoms with Crippen molar-refractivity contribution in [3.8, 4) is 5.75 Å². The maximum Gasteiger partial charge on any atom is 0.254 e. The summed E-state index contributed by atoms with van der Waals surface area (Å²) in [7, 11) is 0. The van der Waals surface area contributed by atoms with Crippen molar-refractivity contribution in [1.82, 2.24) is 15.1 Å². The summed E-state index contributed by atoms with van der Waals surface area (Å²) in [5, 5.41) is 5.62. The van der Waals surface area contributed by atoms with Gasteiger partial charge >= 0.3 is 0 Å². The molecular formula is C29H34N4O3S. The number of rotatable bonds is 10. The first-order valence-corrected chi connectivity index (χ1v) is 13.6. The molecule has 2 aliphatic heterocycles. The molecule has 8 heteroatoms. The Labute approximate surface area is 223 Å². The van der Waals surface area contributed by atoms with Gasteiger partial charge in [0.15, 0.2) is 5.17 Å². The predicted octanol–water partition coefficient (Wildman–Crippen LogP) is 5.24. The van der Waals surface area contributed by atoms with Crippen molar-refractivity contribution in [2.75, 3.05) is 19.6 Å². The molecule has 194 valence electrons. The Morgan fingerprint density at radius 3 is 2.54 bits per heavy atom. The van der Waals surface area contributed by atoms with Crippen molar-refractivity contribution in [1.29, 1.82) is 0 Å². The molecule has 0 saturated carbocycles. The molecule has 1 unspecified atom stereocenters. The summed E-state index contributed by atoms with van der Waals surface area (Å²) in [6.07, 6.45) is 0.215. The van der Waals surface area contributed by atoms with Crippen molar-refractivity contribution in [2.24, 2.45) is 4.99 Å². The molecule has 7 nitrogen and oxygen atoms in total. The smallest absolute Gasteiger partial charge is 0.254 e. The van der Waals surface area contributed by atoms with E-state index >= 15 is 0 Å². The van der Waals surface area contributed by atoms with Gasteiger partial charge in [0.2, 0.25) is 5.91 Å². The zero-order valence-corrected chi connectivity index (χ0v) is 22.7. The highest BCUT2D eigenvalue weighted by molar-refractivity contribution is 8.16. The summed E-state index contributed by atoms with van der Waals surface area (Å²) in [4.78, 5) is 35.0. The summed E-state index contributed by atoms with van der Waals surface area (Å²) in [6, 6.07) is 17.5. The van der Waals surface area contributed by atoms with Gasteiger partial charge in [-0.2, -0.15) is 0 Å². The summed E-state index contributed by atoms with van der Waals surface area (Å²) in [5.74, 6) is 0.621. The van der Waals surface area contributed by atoms with Crippen LogP contribution in [-0.4, -0.2) is 46.4 Å². The first-order valence-electron chi connectivity index (χ1n) is 12.7. The number of carbonyl (C=O) groups excluding carboxylic acids is 2. The van der Waals surface area contributed by atoms with Crippen LogP contribution >= 0.6 is 11.8 Å². The molecule has 2 amide bonds. The van der Waals surface area contributed by atoms with Crippen LogP contribution in [0.15, 0.2) is 82.0 Å². The van der Waals surface area contributed by atoms with Gasteiger partial charge in [0.05, 0.1) is 23.7 Å². The van der Waals surface area contributed by atoms with Crippen molar-refractivity contribution >= 4 is 28.7 Å². The van der Waals surface area contributed by atoms with Crippen molar-refractivity contribution in [3.63, 3.8) is 0 Å². The van der Waals surface area contributed by atoms with Crippen LogP contribution in [0.2, 0.25) is 0 Å². The van der Waals surface area contributed by atoms with Crippen LogP contribution in [0, 0.1) is 0 Å². The van der Waals surface area contributed by atoms with Gasteiger partial charge in [0.25, 0.3) is 5.91 Å². The second-order valence-electron chi connectivity index (χ2n) is 8.85. The number of hydrogen-bond acceptors (Lipinski definition) is 6. The quantitative estimate of drug-likeness (QED) is 0.466. The largest absolute Gasteiger partial charge is 0.489 e. The molecule has 0 spiro atoms. The highest BCUT2D eigenvalue weighted by Gasteiger charge is 2.41. The Morgan fingerprint density at radius 2 is 1.84 bits per heavy atom. The number of benzene rings is 2. The number of amides is 2. The molecule has 37 heavy (non-hydrogen) atoms. The standard InChI is InChI=1S/C29H34N4O3S/c1-5-30-25(34)17-23-19-37-29-31-20(4)26(28(35)32(6-2)7-3)27(33(23)29)22-14-11-15-24(16-22)36-18-21-12-9-8-10-13-21/h8-16,19,27H,5-7,17-18H2,1-4H3,(H,30,34). The van der Waals surface area contributed by atoms with Crippen molar-refractivity contribution in [3.05, 3.63) is 88.1 Å². The summed E-state index contributed by atoms with van der Waals surface area (Å²) in [6.45, 7) is 9.98. The van der Waals surface area contributed by atoms with Crippen LogP contribution < -0.4 is 10.1 Å². The Morgan fingerprint density at radius 1 is 1.08 bits per heavy atom. The minimum absolute atomic E-state index is 0.0415. The topological polar surface area (TPSA) is 74.2 Å². The lowest BCUT2D eigenvalue weighted by molar-refractivity contribution is -0.127. The molecular weight excluding hydrogens is 484 g/mol. The number of carbonyl (C=O) groups is 2. The maximum atomic E-state index is 13.8. The number of amidine groups is 1. The van der Waals surface area contributed by atoms with Gasteiger partial charge in [-0.15, -0.1) is 0 Å². The van der Waals surface area contributed by atoms with E-state index in [0.29, 0.717) is 37.5 Å². The van der Waals surface area contributed by atoms with E-state index in [1.54, 1.807) is 0 Å². The summed E-state index contributed by atoms with van der Waals surface area (Å²) >= 11 is 1.49. The number of aliphatic imine (C=N–C) groups is 1. The molecule has 2 heterocycles. The Hall–Kier alpha value is -3.52. The number of likely N-dealkylation sites (N-methyl/N-ethyl adjacent to an activating group) is 1. The van der Waals surface area contributed by atoms with Gasteiger partial charge in [0.1, 0.15) is 12.4 Å². The van der Waals surface area contributed by atoms with Crippen LogP contribution in [0.1, 0.15) is 51.3 Å². The summed E-state index contributed by atoms with van der Waals surface area (Å²) in [5.41, 5.74) is 4.14. The van der Waals surface area contributed by atoms with E-state index in [1.165, 1.54) is 11.8 Å². The Kier molecular flexibility index (Phi) is 8.71. The molecule has 2 aromatic rings. The number of nitrogens with zero attached hydrogens (tertiary/aromatic N) is 3. The number of hydrogen-bond donors (Lipinski definition) is 1. The van der Waals surface area contributed by atoms with E-state index in [2.05, 4.69) is 5.32 Å². The SMILES string of the molecule is CCNC(=O)CC1=CSC2=NC(C)=C(C(=O)N(CC)CC)C(c3cccc(OCc4ccccc4)c3)N12. The number of ether oxygens (including phenoxy) is 1. The van der Waals surface area contributed by atoms with Crippen LogP contribution in [-0.2, 0) is 16.2 Å². The first kappa shape index (κ1) is 26.5. The van der Waals surface area contributed by atoms with Crippen LogP contribution in [0.4, 0.5) is 0 Å². The van der Waals surface area contributed by atoms with Gasteiger partial charge in [-0.05, 0) is 56.4 Å². The lowest BCUT2D eigenvalue weighted by Crippen LogP contribution is -2.42. The molecule has 0 radical (unpaired) electrons. The second-order valence-corrected chi connectivity index (χ2v) is 9.68. The fourth-order valence-electron chi connectivity index (χ4n) is 4.58. The molecule has 0 aliphatic carbocycles. The molecule has 1 atom stereocenters. The fourth-order valence-corrected chi connectivity index (χ4v) is 5.54. The second kappa shape index (κ2) is 12.1. The molecule has 2 aromatic carbocycles. The average molecular weight is 519 g/mol. The molecule has 0 saturated heterocycles. The highest BCUT2D eigenvalue weighted by atomic mass is 32.2. The van der Waals surface area contributed by atoms with Crippen molar-refractivity contribution in [2.45, 2.75) is 46.8 Å². The van der Waals surface area contributed by atoms with E-state index in [-0.39, 0.29) is 18.2 Å². The minimum atomic E-state index is -0.420. The zero-order valence-electron chi connectivity index (χ0n) is 21.9. The van der Waals surface area contributed by atoms with E-state index in [4.69, 9.17) is 9.73 Å². The Balaban J connectivity index is 1.73.